The van der Waals surface area contributed by atoms with Gasteiger partial charge in [-0.15, -0.1) is 0 Å². The summed E-state index contributed by atoms with van der Waals surface area (Å²) < 4.78 is 1.19. The first-order chi connectivity index (χ1) is 9.12. The lowest BCUT2D eigenvalue weighted by molar-refractivity contribution is 0.645. The molecule has 0 heterocycles. The van der Waals surface area contributed by atoms with E-state index in [9.17, 15) is 0 Å². The Labute approximate surface area is 126 Å². The fourth-order valence-corrected chi connectivity index (χ4v) is 2.76. The van der Waals surface area contributed by atoms with Gasteiger partial charge in [0.2, 0.25) is 0 Å². The molecule has 0 fully saturated rings. The monoisotopic (exact) mass is 326 g/mol. The second-order valence-electron chi connectivity index (χ2n) is 5.14. The molecule has 0 aromatic heterocycles. The second-order valence-corrected chi connectivity index (χ2v) is 5.99. The summed E-state index contributed by atoms with van der Waals surface area (Å²) in [4.78, 5) is 2.45. The summed E-state index contributed by atoms with van der Waals surface area (Å²) in [6.45, 7) is 8.83. The number of benzene rings is 1. The van der Waals surface area contributed by atoms with Gasteiger partial charge in [0.05, 0.1) is 0 Å². The van der Waals surface area contributed by atoms with Gasteiger partial charge in [-0.3, -0.25) is 0 Å². The van der Waals surface area contributed by atoms with E-state index in [0.717, 1.165) is 25.9 Å². The Morgan fingerprint density at radius 3 is 2.26 bits per heavy atom. The van der Waals surface area contributed by atoms with Crippen LogP contribution in [0, 0.1) is 0 Å². The predicted octanol–water partition coefficient (Wildman–Crippen LogP) is 4.36. The molecule has 0 spiro atoms. The Kier molecular flexibility index (Phi) is 7.47. The SMILES string of the molecule is CCCN(CCC)c1ccc(CC(N)CC)c(Br)c1. The van der Waals surface area contributed by atoms with Gasteiger partial charge >= 0.3 is 0 Å². The van der Waals surface area contributed by atoms with Gasteiger partial charge in [-0.1, -0.05) is 42.8 Å². The van der Waals surface area contributed by atoms with E-state index in [4.69, 9.17) is 5.73 Å². The van der Waals surface area contributed by atoms with Crippen molar-refractivity contribution in [3.05, 3.63) is 28.2 Å². The molecule has 1 aromatic rings. The van der Waals surface area contributed by atoms with Crippen molar-refractivity contribution in [2.45, 2.75) is 52.5 Å². The fourth-order valence-electron chi connectivity index (χ4n) is 2.24. The normalized spacial score (nSPS) is 12.5. The molecule has 0 amide bonds. The van der Waals surface area contributed by atoms with Crippen LogP contribution in [0.5, 0.6) is 0 Å². The molecule has 1 unspecified atom stereocenters. The van der Waals surface area contributed by atoms with Crippen LogP contribution in [-0.2, 0) is 6.42 Å². The highest BCUT2D eigenvalue weighted by Gasteiger charge is 2.09. The molecule has 1 aromatic carbocycles. The van der Waals surface area contributed by atoms with E-state index in [1.807, 2.05) is 0 Å². The zero-order valence-corrected chi connectivity index (χ0v) is 14.0. The van der Waals surface area contributed by atoms with Crippen LogP contribution in [0.15, 0.2) is 22.7 Å². The first-order valence-electron chi connectivity index (χ1n) is 7.41. The van der Waals surface area contributed by atoms with Crippen LogP contribution >= 0.6 is 15.9 Å². The predicted molar refractivity (Wildman–Crippen MR) is 88.9 cm³/mol. The third kappa shape index (κ3) is 5.15. The molecule has 1 atom stereocenters. The van der Waals surface area contributed by atoms with E-state index < -0.39 is 0 Å². The van der Waals surface area contributed by atoms with Crippen molar-refractivity contribution >= 4 is 21.6 Å². The molecule has 0 radical (unpaired) electrons. The summed E-state index contributed by atoms with van der Waals surface area (Å²) in [5.74, 6) is 0. The highest BCUT2D eigenvalue weighted by atomic mass is 79.9. The van der Waals surface area contributed by atoms with Crippen molar-refractivity contribution < 1.29 is 0 Å². The van der Waals surface area contributed by atoms with E-state index in [-0.39, 0.29) is 6.04 Å². The maximum absolute atomic E-state index is 6.04. The van der Waals surface area contributed by atoms with E-state index >= 15 is 0 Å². The Hall–Kier alpha value is -0.540. The molecular formula is C16H27BrN2. The average molecular weight is 327 g/mol. The smallest absolute Gasteiger partial charge is 0.0377 e. The number of rotatable bonds is 8. The van der Waals surface area contributed by atoms with Gasteiger partial charge in [-0.2, -0.15) is 0 Å². The van der Waals surface area contributed by atoms with Crippen molar-refractivity contribution in [2.24, 2.45) is 5.73 Å². The van der Waals surface area contributed by atoms with Crippen molar-refractivity contribution in [3.63, 3.8) is 0 Å². The molecular weight excluding hydrogens is 300 g/mol. The second kappa shape index (κ2) is 8.60. The Balaban J connectivity index is 2.84. The van der Waals surface area contributed by atoms with Gasteiger partial charge in [0.15, 0.2) is 0 Å². The van der Waals surface area contributed by atoms with Crippen molar-refractivity contribution in [3.8, 4) is 0 Å². The van der Waals surface area contributed by atoms with Gasteiger partial charge in [0.1, 0.15) is 0 Å². The number of hydrogen-bond acceptors (Lipinski definition) is 2. The Bertz CT molecular complexity index is 373. The highest BCUT2D eigenvalue weighted by Crippen LogP contribution is 2.25. The topological polar surface area (TPSA) is 29.3 Å². The number of anilines is 1. The van der Waals surface area contributed by atoms with Crippen LogP contribution in [0.4, 0.5) is 5.69 Å². The Morgan fingerprint density at radius 2 is 1.79 bits per heavy atom. The molecule has 2 N–H and O–H groups in total. The van der Waals surface area contributed by atoms with E-state index in [0.29, 0.717) is 0 Å². The van der Waals surface area contributed by atoms with Crippen LogP contribution in [-0.4, -0.2) is 19.1 Å². The molecule has 0 saturated heterocycles. The average Bonchev–Trinajstić information content (AvgIpc) is 2.40. The lowest BCUT2D eigenvalue weighted by atomic mass is 10.0. The molecule has 19 heavy (non-hydrogen) atoms. The zero-order valence-electron chi connectivity index (χ0n) is 12.5. The summed E-state index contributed by atoms with van der Waals surface area (Å²) in [7, 11) is 0. The fraction of sp³-hybridized carbons (Fsp3) is 0.625. The first kappa shape index (κ1) is 16.5. The molecule has 0 saturated carbocycles. The summed E-state index contributed by atoms with van der Waals surface area (Å²) >= 11 is 3.69. The van der Waals surface area contributed by atoms with Crippen LogP contribution in [0.1, 0.15) is 45.6 Å². The van der Waals surface area contributed by atoms with Crippen molar-refractivity contribution in [1.29, 1.82) is 0 Å². The van der Waals surface area contributed by atoms with Crippen LogP contribution in [0.25, 0.3) is 0 Å². The molecule has 1 rings (SSSR count). The minimum absolute atomic E-state index is 0.254. The summed E-state index contributed by atoms with van der Waals surface area (Å²) in [5, 5.41) is 0. The standard InChI is InChI=1S/C16H27BrN2/c1-4-9-19(10-5-2)15-8-7-13(16(17)12-15)11-14(18)6-3/h7-8,12,14H,4-6,9-11,18H2,1-3H3. The van der Waals surface area contributed by atoms with E-state index in [1.165, 1.54) is 28.6 Å². The molecule has 0 aliphatic rings. The highest BCUT2D eigenvalue weighted by molar-refractivity contribution is 9.10. The van der Waals surface area contributed by atoms with Crippen molar-refractivity contribution in [2.75, 3.05) is 18.0 Å². The largest absolute Gasteiger partial charge is 0.372 e. The van der Waals surface area contributed by atoms with Gasteiger partial charge in [-0.05, 0) is 43.4 Å². The van der Waals surface area contributed by atoms with Crippen LogP contribution < -0.4 is 10.6 Å². The van der Waals surface area contributed by atoms with E-state index in [2.05, 4.69) is 59.8 Å². The summed E-state index contributed by atoms with van der Waals surface area (Å²) in [6, 6.07) is 6.94. The molecule has 0 bridgehead atoms. The quantitative estimate of drug-likeness (QED) is 0.769. The molecule has 3 heteroatoms. The van der Waals surface area contributed by atoms with Gasteiger partial charge in [0.25, 0.3) is 0 Å². The van der Waals surface area contributed by atoms with Gasteiger partial charge in [0, 0.05) is 29.3 Å². The number of nitrogens with two attached hydrogens (primary N) is 1. The summed E-state index contributed by atoms with van der Waals surface area (Å²) in [6.07, 6.45) is 4.32. The lowest BCUT2D eigenvalue weighted by Crippen LogP contribution is -2.25. The third-order valence-corrected chi connectivity index (χ3v) is 4.13. The minimum Gasteiger partial charge on any atom is -0.372 e. The van der Waals surface area contributed by atoms with Crippen LogP contribution in [0.2, 0.25) is 0 Å². The lowest BCUT2D eigenvalue weighted by Gasteiger charge is -2.24. The maximum atomic E-state index is 6.04. The third-order valence-electron chi connectivity index (χ3n) is 3.40. The number of nitrogens with zero attached hydrogens (tertiary/aromatic N) is 1. The van der Waals surface area contributed by atoms with Crippen molar-refractivity contribution in [1.82, 2.24) is 0 Å². The molecule has 2 nitrogen and oxygen atoms in total. The summed E-state index contributed by atoms with van der Waals surface area (Å²) in [5.41, 5.74) is 8.66. The molecule has 108 valence electrons. The number of halogens is 1. The van der Waals surface area contributed by atoms with Gasteiger partial charge in [-0.25, -0.2) is 0 Å². The van der Waals surface area contributed by atoms with Crippen LogP contribution in [0.3, 0.4) is 0 Å². The van der Waals surface area contributed by atoms with E-state index in [1.54, 1.807) is 0 Å². The number of hydrogen-bond donors (Lipinski definition) is 1. The maximum Gasteiger partial charge on any atom is 0.0377 e. The molecule has 0 aliphatic heterocycles. The minimum atomic E-state index is 0.254. The Morgan fingerprint density at radius 1 is 1.16 bits per heavy atom. The zero-order chi connectivity index (χ0) is 14.3. The first-order valence-corrected chi connectivity index (χ1v) is 8.20. The van der Waals surface area contributed by atoms with Gasteiger partial charge < -0.3 is 10.6 Å². The molecule has 0 aliphatic carbocycles.